The molecule has 2 amide bonds. The van der Waals surface area contributed by atoms with Crippen LogP contribution in [0.2, 0.25) is 5.02 Å². The fourth-order valence-corrected chi connectivity index (χ4v) is 3.31. The van der Waals surface area contributed by atoms with E-state index in [2.05, 4.69) is 10.6 Å². The summed E-state index contributed by atoms with van der Waals surface area (Å²) in [6.45, 7) is 0.136. The van der Waals surface area contributed by atoms with Gasteiger partial charge in [0.1, 0.15) is 0 Å². The standard InChI is InChI=1S/C20H21ClN4O4/c1-24(12-18(26)22-14-7-8-14)19(13-5-3-2-4-6-13)20(27)23-17-10-9-15(25(28)29)11-16(17)21/h2-6,9-11,14,19H,7-8,12H2,1H3,(H,22,26)(H,23,27)/p+1/t19-/m0/s1. The lowest BCUT2D eigenvalue weighted by Crippen LogP contribution is -3.11. The maximum absolute atomic E-state index is 13.1. The van der Waals surface area contributed by atoms with Crippen molar-refractivity contribution in [3.05, 3.63) is 69.2 Å². The molecule has 0 aromatic heterocycles. The predicted octanol–water partition coefficient (Wildman–Crippen LogP) is 1.72. The Morgan fingerprint density at radius 1 is 1.24 bits per heavy atom. The quantitative estimate of drug-likeness (QED) is 0.449. The Kier molecular flexibility index (Phi) is 6.46. The van der Waals surface area contributed by atoms with E-state index in [1.54, 1.807) is 7.05 Å². The highest BCUT2D eigenvalue weighted by Gasteiger charge is 2.32. The molecule has 29 heavy (non-hydrogen) atoms. The molecule has 1 unspecified atom stereocenters. The monoisotopic (exact) mass is 417 g/mol. The highest BCUT2D eigenvalue weighted by molar-refractivity contribution is 6.34. The molecule has 3 rings (SSSR count). The molecule has 0 aliphatic heterocycles. The first-order valence-corrected chi connectivity index (χ1v) is 9.64. The number of anilines is 1. The SMILES string of the molecule is C[NH+](CC(=O)NC1CC1)[C@H](C(=O)Nc1ccc([N+](=O)[O-])cc1Cl)c1ccccc1. The summed E-state index contributed by atoms with van der Waals surface area (Å²) in [5.74, 6) is -0.462. The summed E-state index contributed by atoms with van der Waals surface area (Å²) in [5.41, 5.74) is 0.866. The highest BCUT2D eigenvalue weighted by Crippen LogP contribution is 2.27. The Morgan fingerprint density at radius 3 is 2.52 bits per heavy atom. The number of rotatable bonds is 8. The van der Waals surface area contributed by atoms with Crippen molar-refractivity contribution in [2.24, 2.45) is 0 Å². The van der Waals surface area contributed by atoms with Gasteiger partial charge in [-0.25, -0.2) is 0 Å². The summed E-state index contributed by atoms with van der Waals surface area (Å²) in [6.07, 6.45) is 1.98. The molecule has 3 N–H and O–H groups in total. The summed E-state index contributed by atoms with van der Waals surface area (Å²) >= 11 is 6.11. The van der Waals surface area contributed by atoms with E-state index in [4.69, 9.17) is 11.6 Å². The van der Waals surface area contributed by atoms with E-state index in [-0.39, 0.29) is 40.8 Å². The van der Waals surface area contributed by atoms with E-state index in [0.717, 1.165) is 18.4 Å². The Bertz CT molecular complexity index is 918. The number of nitrogens with zero attached hydrogens (tertiary/aromatic N) is 1. The van der Waals surface area contributed by atoms with Crippen LogP contribution < -0.4 is 15.5 Å². The second kappa shape index (κ2) is 9.02. The van der Waals surface area contributed by atoms with Crippen molar-refractivity contribution in [1.29, 1.82) is 0 Å². The number of nitrogens with one attached hydrogen (secondary N) is 3. The van der Waals surface area contributed by atoms with Gasteiger partial charge in [0.15, 0.2) is 12.6 Å². The predicted molar refractivity (Wildman–Crippen MR) is 109 cm³/mol. The van der Waals surface area contributed by atoms with E-state index >= 15 is 0 Å². The summed E-state index contributed by atoms with van der Waals surface area (Å²) in [7, 11) is 1.78. The maximum Gasteiger partial charge on any atom is 0.287 e. The molecule has 1 aliphatic carbocycles. The lowest BCUT2D eigenvalue weighted by molar-refractivity contribution is -0.894. The fourth-order valence-electron chi connectivity index (χ4n) is 3.09. The number of amides is 2. The minimum atomic E-state index is -0.660. The minimum absolute atomic E-state index is 0.0727. The lowest BCUT2D eigenvalue weighted by atomic mass is 10.0. The van der Waals surface area contributed by atoms with E-state index in [1.807, 2.05) is 30.3 Å². The van der Waals surface area contributed by atoms with Crippen molar-refractivity contribution in [2.75, 3.05) is 18.9 Å². The van der Waals surface area contributed by atoms with Crippen molar-refractivity contribution in [3.63, 3.8) is 0 Å². The van der Waals surface area contributed by atoms with Crippen LogP contribution in [0.5, 0.6) is 0 Å². The molecule has 8 nitrogen and oxygen atoms in total. The maximum atomic E-state index is 13.1. The van der Waals surface area contributed by atoms with Crippen LogP contribution >= 0.6 is 11.6 Å². The molecular formula is C20H22ClN4O4+. The summed E-state index contributed by atoms with van der Waals surface area (Å²) in [6, 6.07) is 12.6. The largest absolute Gasteiger partial charge is 0.348 e. The molecule has 0 heterocycles. The second-order valence-corrected chi connectivity index (χ2v) is 7.53. The van der Waals surface area contributed by atoms with Crippen LogP contribution in [0.4, 0.5) is 11.4 Å². The van der Waals surface area contributed by atoms with Crippen LogP contribution in [0.15, 0.2) is 48.5 Å². The van der Waals surface area contributed by atoms with E-state index < -0.39 is 11.0 Å². The number of hydrogen-bond donors (Lipinski definition) is 3. The van der Waals surface area contributed by atoms with Gasteiger partial charge in [-0.15, -0.1) is 0 Å². The van der Waals surface area contributed by atoms with Crippen LogP contribution in [0.25, 0.3) is 0 Å². The first-order valence-electron chi connectivity index (χ1n) is 9.26. The van der Waals surface area contributed by atoms with Gasteiger partial charge in [-0.3, -0.25) is 19.7 Å². The number of quaternary nitrogens is 1. The molecule has 0 spiro atoms. The molecule has 1 saturated carbocycles. The third-order valence-corrected chi connectivity index (χ3v) is 5.00. The number of benzene rings is 2. The third kappa shape index (κ3) is 5.52. The Labute approximate surface area is 173 Å². The summed E-state index contributed by atoms with van der Waals surface area (Å²) in [4.78, 5) is 36.3. The smallest absolute Gasteiger partial charge is 0.287 e. The van der Waals surface area contributed by atoms with Gasteiger partial charge in [-0.2, -0.15) is 0 Å². The van der Waals surface area contributed by atoms with Gasteiger partial charge in [0.2, 0.25) is 0 Å². The summed E-state index contributed by atoms with van der Waals surface area (Å²) in [5, 5.41) is 16.6. The van der Waals surface area contributed by atoms with Gasteiger partial charge >= 0.3 is 0 Å². The van der Waals surface area contributed by atoms with Crippen molar-refractivity contribution < 1.29 is 19.4 Å². The normalized spacial score (nSPS) is 15.2. The Morgan fingerprint density at radius 2 is 1.93 bits per heavy atom. The van der Waals surface area contributed by atoms with E-state index in [9.17, 15) is 19.7 Å². The molecule has 0 saturated heterocycles. The van der Waals surface area contributed by atoms with Gasteiger partial charge in [0, 0.05) is 23.7 Å². The first-order chi connectivity index (χ1) is 13.8. The molecule has 2 aromatic carbocycles. The molecule has 0 bridgehead atoms. The number of carbonyl (C=O) groups excluding carboxylic acids is 2. The summed E-state index contributed by atoms with van der Waals surface area (Å²) < 4.78 is 0. The van der Waals surface area contributed by atoms with Gasteiger partial charge in [0.25, 0.3) is 17.5 Å². The van der Waals surface area contributed by atoms with Crippen LogP contribution in [-0.2, 0) is 9.59 Å². The van der Waals surface area contributed by atoms with E-state index in [0.29, 0.717) is 4.90 Å². The highest BCUT2D eigenvalue weighted by atomic mass is 35.5. The number of likely N-dealkylation sites (N-methyl/N-ethyl adjacent to an activating group) is 1. The fraction of sp³-hybridized carbons (Fsp3) is 0.300. The van der Waals surface area contributed by atoms with Gasteiger partial charge in [-0.05, 0) is 18.9 Å². The molecule has 1 aliphatic rings. The Hall–Kier alpha value is -2.97. The number of carbonyl (C=O) groups is 2. The third-order valence-electron chi connectivity index (χ3n) is 4.69. The van der Waals surface area contributed by atoms with Crippen molar-refractivity contribution in [1.82, 2.24) is 5.32 Å². The first kappa shape index (κ1) is 20.8. The molecule has 9 heteroatoms. The lowest BCUT2D eigenvalue weighted by Gasteiger charge is -2.24. The Balaban J connectivity index is 1.78. The van der Waals surface area contributed by atoms with Crippen LogP contribution in [0, 0.1) is 10.1 Å². The minimum Gasteiger partial charge on any atom is -0.348 e. The van der Waals surface area contributed by atoms with Crippen molar-refractivity contribution in [2.45, 2.75) is 24.9 Å². The zero-order chi connectivity index (χ0) is 21.0. The van der Waals surface area contributed by atoms with Crippen LogP contribution in [-0.4, -0.2) is 36.4 Å². The number of nitro groups is 1. The van der Waals surface area contributed by atoms with Crippen LogP contribution in [0.3, 0.4) is 0 Å². The number of hydrogen-bond acceptors (Lipinski definition) is 4. The van der Waals surface area contributed by atoms with Crippen molar-refractivity contribution >= 4 is 34.8 Å². The molecular weight excluding hydrogens is 396 g/mol. The topological polar surface area (TPSA) is 106 Å². The van der Waals surface area contributed by atoms with E-state index in [1.165, 1.54) is 18.2 Å². The molecule has 0 radical (unpaired) electrons. The van der Waals surface area contributed by atoms with Crippen LogP contribution in [0.1, 0.15) is 24.4 Å². The zero-order valence-corrected chi connectivity index (χ0v) is 16.6. The molecule has 1 fully saturated rings. The van der Waals surface area contributed by atoms with Gasteiger partial charge in [0.05, 0.1) is 22.7 Å². The average molecular weight is 418 g/mol. The molecule has 152 valence electrons. The number of nitro benzene ring substituents is 1. The van der Waals surface area contributed by atoms with Crippen molar-refractivity contribution in [3.8, 4) is 0 Å². The van der Waals surface area contributed by atoms with Gasteiger partial charge < -0.3 is 15.5 Å². The second-order valence-electron chi connectivity index (χ2n) is 7.12. The molecule has 2 atom stereocenters. The van der Waals surface area contributed by atoms with Gasteiger partial charge in [-0.1, -0.05) is 41.9 Å². The zero-order valence-electron chi connectivity index (χ0n) is 15.9. The average Bonchev–Trinajstić information content (AvgIpc) is 3.48. The molecule has 2 aromatic rings. The number of halogens is 1. The number of non-ortho nitro benzene ring substituents is 1.